The van der Waals surface area contributed by atoms with Crippen LogP contribution in [-0.4, -0.2) is 34.6 Å². The number of hydrogen-bond acceptors (Lipinski definition) is 5. The Morgan fingerprint density at radius 2 is 2.10 bits per heavy atom. The van der Waals surface area contributed by atoms with Crippen LogP contribution in [0.3, 0.4) is 0 Å². The topological polar surface area (TPSA) is 72.1 Å². The summed E-state index contributed by atoms with van der Waals surface area (Å²) in [5, 5.41) is 9.17. The van der Waals surface area contributed by atoms with Gasteiger partial charge in [0.2, 0.25) is 0 Å². The van der Waals surface area contributed by atoms with Gasteiger partial charge in [-0.25, -0.2) is 0 Å². The number of amides is 1. The molecule has 112 valence electrons. The predicted octanol–water partition coefficient (Wildman–Crippen LogP) is 2.76. The number of carbonyl (C=O) groups excluding carboxylic acids is 1. The Hall–Kier alpha value is -1.69. The molecule has 0 atom stereocenters. The van der Waals surface area contributed by atoms with Gasteiger partial charge in [0.15, 0.2) is 0 Å². The second kappa shape index (κ2) is 5.26. The average Bonchev–Trinajstić information content (AvgIpc) is 2.75. The highest BCUT2D eigenvalue weighted by atomic mass is 32.1. The van der Waals surface area contributed by atoms with Crippen LogP contribution in [0.4, 0.5) is 5.69 Å². The Labute approximate surface area is 128 Å². The Bertz CT molecular complexity index is 705. The number of thiophene rings is 1. The van der Waals surface area contributed by atoms with Gasteiger partial charge in [-0.05, 0) is 38.2 Å². The molecule has 2 heterocycles. The van der Waals surface area contributed by atoms with Gasteiger partial charge < -0.3 is 10.6 Å². The molecule has 0 radical (unpaired) electrons. The monoisotopic (exact) mass is 304 g/mol. The van der Waals surface area contributed by atoms with Gasteiger partial charge in [0, 0.05) is 19.0 Å². The molecule has 1 aliphatic carbocycles. The van der Waals surface area contributed by atoms with Crippen LogP contribution >= 0.6 is 11.3 Å². The molecule has 1 saturated carbocycles. The summed E-state index contributed by atoms with van der Waals surface area (Å²) in [5.41, 5.74) is 8.64. The van der Waals surface area contributed by atoms with Crippen molar-refractivity contribution in [2.75, 3.05) is 19.3 Å². The largest absolute Gasteiger partial charge is 0.397 e. The number of rotatable bonds is 3. The first kappa shape index (κ1) is 14.3. The number of fused-ring (bicyclic) bond motifs is 1. The number of anilines is 1. The van der Waals surface area contributed by atoms with Gasteiger partial charge in [-0.3, -0.25) is 4.79 Å². The predicted molar refractivity (Wildman–Crippen MR) is 85.6 cm³/mol. The summed E-state index contributed by atoms with van der Waals surface area (Å²) in [6, 6.07) is 0. The first-order valence-electron chi connectivity index (χ1n) is 7.26. The first-order valence-corrected chi connectivity index (χ1v) is 8.08. The summed E-state index contributed by atoms with van der Waals surface area (Å²) in [7, 11) is 1.86. The Balaban J connectivity index is 1.94. The summed E-state index contributed by atoms with van der Waals surface area (Å²) in [6.45, 7) is 4.70. The van der Waals surface area contributed by atoms with E-state index in [-0.39, 0.29) is 5.91 Å². The maximum absolute atomic E-state index is 12.6. The second-order valence-electron chi connectivity index (χ2n) is 5.92. The smallest absolute Gasteiger partial charge is 0.265 e. The van der Waals surface area contributed by atoms with Gasteiger partial charge in [-0.15, -0.1) is 16.4 Å². The molecule has 1 fully saturated rings. The molecule has 0 aromatic carbocycles. The number of aryl methyl sites for hydroxylation is 2. The third-order valence-corrected chi connectivity index (χ3v) is 5.51. The molecule has 1 amide bonds. The fraction of sp³-hybridized carbons (Fsp3) is 0.533. The molecule has 2 aromatic rings. The highest BCUT2D eigenvalue weighted by Crippen LogP contribution is 2.36. The zero-order valence-electron chi connectivity index (χ0n) is 12.6. The number of aromatic nitrogens is 2. The molecular weight excluding hydrogens is 284 g/mol. The molecule has 0 aliphatic heterocycles. The average molecular weight is 304 g/mol. The van der Waals surface area contributed by atoms with E-state index in [0.29, 0.717) is 16.5 Å². The minimum Gasteiger partial charge on any atom is -0.397 e. The van der Waals surface area contributed by atoms with Crippen LogP contribution in [0.15, 0.2) is 0 Å². The highest BCUT2D eigenvalue weighted by Gasteiger charge is 2.25. The number of nitrogen functional groups attached to an aromatic ring is 1. The first-order chi connectivity index (χ1) is 9.99. The third kappa shape index (κ3) is 2.37. The van der Waals surface area contributed by atoms with Crippen LogP contribution in [-0.2, 0) is 0 Å². The van der Waals surface area contributed by atoms with Crippen molar-refractivity contribution in [3.63, 3.8) is 0 Å². The van der Waals surface area contributed by atoms with E-state index in [9.17, 15) is 4.79 Å². The molecule has 2 aromatic heterocycles. The Morgan fingerprint density at radius 3 is 2.71 bits per heavy atom. The third-order valence-electron chi connectivity index (χ3n) is 4.43. The normalized spacial score (nSPS) is 15.2. The summed E-state index contributed by atoms with van der Waals surface area (Å²) in [5.74, 6) is 0.651. The molecule has 0 unspecified atom stereocenters. The van der Waals surface area contributed by atoms with Crippen molar-refractivity contribution in [1.29, 1.82) is 0 Å². The van der Waals surface area contributed by atoms with Crippen molar-refractivity contribution in [1.82, 2.24) is 15.1 Å². The minimum atomic E-state index is -0.000506. The van der Waals surface area contributed by atoms with Crippen molar-refractivity contribution in [3.05, 3.63) is 16.1 Å². The Kier molecular flexibility index (Phi) is 3.57. The molecule has 0 bridgehead atoms. The molecule has 0 saturated heterocycles. The van der Waals surface area contributed by atoms with Crippen molar-refractivity contribution < 1.29 is 4.79 Å². The van der Waals surface area contributed by atoms with E-state index in [2.05, 4.69) is 10.2 Å². The number of nitrogens with zero attached hydrogens (tertiary/aromatic N) is 3. The molecule has 1 aliphatic rings. The fourth-order valence-electron chi connectivity index (χ4n) is 2.72. The van der Waals surface area contributed by atoms with E-state index in [1.54, 1.807) is 4.90 Å². The van der Waals surface area contributed by atoms with Crippen molar-refractivity contribution in [2.24, 2.45) is 5.92 Å². The van der Waals surface area contributed by atoms with Crippen LogP contribution < -0.4 is 5.73 Å². The van der Waals surface area contributed by atoms with E-state index < -0.39 is 0 Å². The number of carbonyl (C=O) groups is 1. The SMILES string of the molecule is Cc1nnc2sc(C(=O)N(C)CC3CCC3)c(N)c2c1C. The van der Waals surface area contributed by atoms with E-state index in [0.717, 1.165) is 28.0 Å². The van der Waals surface area contributed by atoms with Crippen LogP contribution in [0.5, 0.6) is 0 Å². The van der Waals surface area contributed by atoms with Crippen molar-refractivity contribution >= 4 is 33.1 Å². The second-order valence-corrected chi connectivity index (χ2v) is 6.92. The van der Waals surface area contributed by atoms with Gasteiger partial charge in [-0.2, -0.15) is 5.10 Å². The highest BCUT2D eigenvalue weighted by molar-refractivity contribution is 7.21. The molecule has 2 N–H and O–H groups in total. The lowest BCUT2D eigenvalue weighted by molar-refractivity contribution is 0.0751. The summed E-state index contributed by atoms with van der Waals surface area (Å²) in [4.78, 5) is 15.7. The summed E-state index contributed by atoms with van der Waals surface area (Å²) in [6.07, 6.45) is 3.73. The van der Waals surface area contributed by atoms with Crippen LogP contribution in [0.25, 0.3) is 10.2 Å². The van der Waals surface area contributed by atoms with E-state index >= 15 is 0 Å². The zero-order chi connectivity index (χ0) is 15.1. The standard InChI is InChI=1S/C15H20N4OS/c1-8-9(2)17-18-14-11(8)12(16)13(21-14)15(20)19(3)7-10-5-4-6-10/h10H,4-7,16H2,1-3H3. The quantitative estimate of drug-likeness (QED) is 0.946. The zero-order valence-corrected chi connectivity index (χ0v) is 13.5. The van der Waals surface area contributed by atoms with Gasteiger partial charge in [-0.1, -0.05) is 6.42 Å². The van der Waals surface area contributed by atoms with Crippen molar-refractivity contribution in [3.8, 4) is 0 Å². The van der Waals surface area contributed by atoms with Crippen LogP contribution in [0.2, 0.25) is 0 Å². The number of nitrogens with two attached hydrogens (primary N) is 1. The number of hydrogen-bond donors (Lipinski definition) is 1. The molecule has 6 heteroatoms. The lowest BCUT2D eigenvalue weighted by atomic mass is 9.85. The maximum Gasteiger partial charge on any atom is 0.265 e. The maximum atomic E-state index is 12.6. The van der Waals surface area contributed by atoms with Gasteiger partial charge in [0.25, 0.3) is 5.91 Å². The Morgan fingerprint density at radius 1 is 1.38 bits per heavy atom. The van der Waals surface area contributed by atoms with E-state index in [4.69, 9.17) is 5.73 Å². The molecular formula is C15H20N4OS. The minimum absolute atomic E-state index is 0.000506. The van der Waals surface area contributed by atoms with Gasteiger partial charge in [0.1, 0.15) is 9.71 Å². The van der Waals surface area contributed by atoms with Gasteiger partial charge in [0.05, 0.1) is 11.4 Å². The van der Waals surface area contributed by atoms with Crippen molar-refractivity contribution in [2.45, 2.75) is 33.1 Å². The van der Waals surface area contributed by atoms with E-state index in [1.165, 1.54) is 30.6 Å². The van der Waals surface area contributed by atoms with Crippen LogP contribution in [0.1, 0.15) is 40.2 Å². The lowest BCUT2D eigenvalue weighted by Gasteiger charge is -2.30. The van der Waals surface area contributed by atoms with Gasteiger partial charge >= 0.3 is 0 Å². The summed E-state index contributed by atoms with van der Waals surface area (Å²) < 4.78 is 0. The fourth-order valence-corrected chi connectivity index (χ4v) is 3.81. The molecule has 21 heavy (non-hydrogen) atoms. The molecule has 3 rings (SSSR count). The molecule has 5 nitrogen and oxygen atoms in total. The lowest BCUT2D eigenvalue weighted by Crippen LogP contribution is -2.34. The summed E-state index contributed by atoms with van der Waals surface area (Å²) >= 11 is 1.35. The molecule has 0 spiro atoms. The van der Waals surface area contributed by atoms with Crippen LogP contribution in [0, 0.1) is 19.8 Å². The van der Waals surface area contributed by atoms with E-state index in [1.807, 2.05) is 20.9 Å².